The number of anilines is 1. The van der Waals surface area contributed by atoms with Crippen molar-refractivity contribution < 1.29 is 4.79 Å². The van der Waals surface area contributed by atoms with E-state index in [-0.39, 0.29) is 11.8 Å². The first-order valence-corrected chi connectivity index (χ1v) is 6.13. The summed E-state index contributed by atoms with van der Waals surface area (Å²) < 4.78 is 0. The van der Waals surface area contributed by atoms with Gasteiger partial charge in [-0.25, -0.2) is 0 Å². The summed E-state index contributed by atoms with van der Waals surface area (Å²) in [4.78, 5) is 16.2. The Kier molecular flexibility index (Phi) is 3.97. The van der Waals surface area contributed by atoms with E-state index < -0.39 is 0 Å². The zero-order valence-corrected chi connectivity index (χ0v) is 10.9. The highest BCUT2D eigenvalue weighted by Crippen LogP contribution is 2.33. The van der Waals surface area contributed by atoms with Gasteiger partial charge in [-0.05, 0) is 29.6 Å². The molecule has 1 aromatic carbocycles. The summed E-state index contributed by atoms with van der Waals surface area (Å²) >= 11 is 12.0. The van der Waals surface area contributed by atoms with Gasteiger partial charge in [-0.2, -0.15) is 0 Å². The maximum absolute atomic E-state index is 11.9. The number of azide groups is 1. The molecule has 1 saturated heterocycles. The molecule has 0 spiro atoms. The van der Waals surface area contributed by atoms with E-state index in [1.165, 1.54) is 0 Å². The van der Waals surface area contributed by atoms with Crippen LogP contribution in [-0.4, -0.2) is 19.0 Å². The molecule has 0 N–H and O–H groups in total. The average Bonchev–Trinajstić information content (AvgIpc) is 2.71. The van der Waals surface area contributed by atoms with Crippen LogP contribution in [0, 0.1) is 5.92 Å². The molecule has 18 heavy (non-hydrogen) atoms. The molecule has 94 valence electrons. The van der Waals surface area contributed by atoms with Gasteiger partial charge in [0.2, 0.25) is 5.91 Å². The van der Waals surface area contributed by atoms with E-state index in [1.807, 2.05) is 0 Å². The summed E-state index contributed by atoms with van der Waals surface area (Å²) in [5, 5.41) is 4.51. The van der Waals surface area contributed by atoms with Crippen molar-refractivity contribution in [1.29, 1.82) is 0 Å². The Morgan fingerprint density at radius 3 is 3.00 bits per heavy atom. The zero-order valence-electron chi connectivity index (χ0n) is 9.38. The summed E-state index contributed by atoms with van der Waals surface area (Å²) in [5.41, 5.74) is 8.89. The van der Waals surface area contributed by atoms with E-state index in [2.05, 4.69) is 10.0 Å². The summed E-state index contributed by atoms with van der Waals surface area (Å²) in [7, 11) is 0. The normalized spacial score (nSPS) is 18.9. The lowest BCUT2D eigenvalue weighted by atomic mass is 10.1. The predicted octanol–water partition coefficient (Wildman–Crippen LogP) is 3.66. The quantitative estimate of drug-likeness (QED) is 0.474. The van der Waals surface area contributed by atoms with Crippen molar-refractivity contribution in [2.45, 2.75) is 6.42 Å². The summed E-state index contributed by atoms with van der Waals surface area (Å²) in [6, 6.07) is 5.00. The van der Waals surface area contributed by atoms with Crippen LogP contribution in [0.3, 0.4) is 0 Å². The van der Waals surface area contributed by atoms with Crippen molar-refractivity contribution in [3.05, 3.63) is 38.7 Å². The topological polar surface area (TPSA) is 69.1 Å². The molecule has 5 nitrogen and oxygen atoms in total. The van der Waals surface area contributed by atoms with Crippen LogP contribution in [-0.2, 0) is 4.79 Å². The summed E-state index contributed by atoms with van der Waals surface area (Å²) in [6.45, 7) is 0.814. The second-order valence-electron chi connectivity index (χ2n) is 4.08. The predicted molar refractivity (Wildman–Crippen MR) is 70.9 cm³/mol. The van der Waals surface area contributed by atoms with E-state index in [4.69, 9.17) is 28.7 Å². The molecule has 1 aromatic rings. The third-order valence-electron chi connectivity index (χ3n) is 2.81. The van der Waals surface area contributed by atoms with Crippen molar-refractivity contribution in [3.63, 3.8) is 0 Å². The Bertz CT molecular complexity index is 528. The van der Waals surface area contributed by atoms with Crippen molar-refractivity contribution in [3.8, 4) is 0 Å². The third kappa shape index (κ3) is 2.70. The molecule has 1 atom stereocenters. The van der Waals surface area contributed by atoms with Crippen LogP contribution in [0.4, 0.5) is 5.69 Å². The number of benzene rings is 1. The average molecular weight is 285 g/mol. The molecule has 1 aliphatic rings. The fraction of sp³-hybridized carbons (Fsp3) is 0.364. The van der Waals surface area contributed by atoms with E-state index in [0.29, 0.717) is 35.2 Å². The number of hydrogen-bond donors (Lipinski definition) is 0. The molecule has 0 aliphatic carbocycles. The van der Waals surface area contributed by atoms with Crippen molar-refractivity contribution in [2.24, 2.45) is 11.0 Å². The summed E-state index contributed by atoms with van der Waals surface area (Å²) in [6.07, 6.45) is 0.363. The molecule has 7 heteroatoms. The van der Waals surface area contributed by atoms with Gasteiger partial charge in [-0.3, -0.25) is 4.79 Å². The maximum atomic E-state index is 11.9. The fourth-order valence-electron chi connectivity index (χ4n) is 1.98. The summed E-state index contributed by atoms with van der Waals surface area (Å²) in [5.74, 6) is 0.000699. The van der Waals surface area contributed by atoms with E-state index in [9.17, 15) is 4.79 Å². The molecule has 1 amide bonds. The molecule has 1 fully saturated rings. The lowest BCUT2D eigenvalue weighted by Gasteiger charge is -2.18. The second-order valence-corrected chi connectivity index (χ2v) is 4.93. The second kappa shape index (κ2) is 5.48. The van der Waals surface area contributed by atoms with Crippen LogP contribution in [0.5, 0.6) is 0 Å². The number of halogens is 2. The largest absolute Gasteiger partial charge is 0.311 e. The lowest BCUT2D eigenvalue weighted by Crippen LogP contribution is -2.25. The molecular weight excluding hydrogens is 275 g/mol. The van der Waals surface area contributed by atoms with E-state index in [1.54, 1.807) is 23.1 Å². The fourth-order valence-corrected chi connectivity index (χ4v) is 2.37. The highest BCUT2D eigenvalue weighted by molar-refractivity contribution is 6.35. The number of nitrogens with zero attached hydrogens (tertiary/aromatic N) is 4. The van der Waals surface area contributed by atoms with Crippen LogP contribution in [0.2, 0.25) is 10.0 Å². The Hall–Kier alpha value is -1.42. The van der Waals surface area contributed by atoms with E-state index >= 15 is 0 Å². The lowest BCUT2D eigenvalue weighted by molar-refractivity contribution is -0.117. The van der Waals surface area contributed by atoms with Crippen molar-refractivity contribution >= 4 is 34.8 Å². The zero-order chi connectivity index (χ0) is 13.1. The molecule has 0 bridgehead atoms. The van der Waals surface area contributed by atoms with Crippen LogP contribution in [0.15, 0.2) is 23.3 Å². The molecule has 0 aromatic heterocycles. The van der Waals surface area contributed by atoms with Gasteiger partial charge in [-0.1, -0.05) is 28.3 Å². The highest BCUT2D eigenvalue weighted by Gasteiger charge is 2.31. The van der Waals surface area contributed by atoms with Crippen molar-refractivity contribution in [2.75, 3.05) is 18.0 Å². The van der Waals surface area contributed by atoms with Crippen LogP contribution in [0.25, 0.3) is 10.4 Å². The Labute approximate surface area is 114 Å². The molecule has 0 saturated carbocycles. The number of carbonyl (C=O) groups excluding carboxylic acids is 1. The molecule has 2 rings (SSSR count). The third-order valence-corrected chi connectivity index (χ3v) is 3.36. The maximum Gasteiger partial charge on any atom is 0.227 e. The van der Waals surface area contributed by atoms with Crippen molar-refractivity contribution in [1.82, 2.24) is 0 Å². The standard InChI is InChI=1S/C11H10Cl2N4O/c12-8-1-2-9(13)10(4-8)17-6-7(3-11(17)18)5-15-16-14/h1-2,4,7H,3,5-6H2. The Morgan fingerprint density at radius 1 is 1.50 bits per heavy atom. The molecular formula is C11H10Cl2N4O. The SMILES string of the molecule is [N-]=[N+]=NCC1CC(=O)N(c2cc(Cl)ccc2Cl)C1. The minimum Gasteiger partial charge on any atom is -0.311 e. The molecule has 0 radical (unpaired) electrons. The molecule has 1 heterocycles. The van der Waals surface area contributed by atoms with Gasteiger partial charge in [-0.15, -0.1) is 0 Å². The first-order chi connectivity index (χ1) is 8.61. The number of carbonyl (C=O) groups is 1. The number of amides is 1. The number of hydrogen-bond acceptors (Lipinski definition) is 2. The van der Waals surface area contributed by atoms with Gasteiger partial charge in [0.05, 0.1) is 10.7 Å². The van der Waals surface area contributed by atoms with Crippen LogP contribution >= 0.6 is 23.2 Å². The minimum absolute atomic E-state index is 0.0303. The number of rotatable bonds is 3. The first-order valence-electron chi connectivity index (χ1n) is 5.38. The molecule has 1 aliphatic heterocycles. The Morgan fingerprint density at radius 2 is 2.28 bits per heavy atom. The van der Waals surface area contributed by atoms with Gasteiger partial charge < -0.3 is 4.90 Å². The van der Waals surface area contributed by atoms with Gasteiger partial charge in [0.25, 0.3) is 0 Å². The first kappa shape index (κ1) is 13.0. The smallest absolute Gasteiger partial charge is 0.227 e. The highest BCUT2D eigenvalue weighted by atomic mass is 35.5. The van der Waals surface area contributed by atoms with E-state index in [0.717, 1.165) is 0 Å². The van der Waals surface area contributed by atoms with Crippen LogP contribution in [0.1, 0.15) is 6.42 Å². The molecule has 1 unspecified atom stereocenters. The van der Waals surface area contributed by atoms with Crippen LogP contribution < -0.4 is 4.90 Å². The van der Waals surface area contributed by atoms with Gasteiger partial charge >= 0.3 is 0 Å². The minimum atomic E-state index is -0.0303. The van der Waals surface area contributed by atoms with Gasteiger partial charge in [0.1, 0.15) is 0 Å². The Balaban J connectivity index is 2.21. The van der Waals surface area contributed by atoms with Gasteiger partial charge in [0.15, 0.2) is 0 Å². The monoisotopic (exact) mass is 284 g/mol. The van der Waals surface area contributed by atoms with Gasteiger partial charge in [0, 0.05) is 29.4 Å².